The Hall–Kier alpha value is -2.43. The SMILES string of the molecule is NC(=O)C1CCN(c2nccc(-c3ccccc3)n2)CC1. The van der Waals surface area contributed by atoms with Gasteiger partial charge in [0.25, 0.3) is 0 Å². The Balaban J connectivity index is 1.77. The van der Waals surface area contributed by atoms with E-state index in [1.165, 1.54) is 0 Å². The van der Waals surface area contributed by atoms with Crippen LogP contribution in [-0.2, 0) is 4.79 Å². The minimum Gasteiger partial charge on any atom is -0.369 e. The number of nitrogens with zero attached hydrogens (tertiary/aromatic N) is 3. The molecule has 2 aromatic rings. The second kappa shape index (κ2) is 5.91. The lowest BCUT2D eigenvalue weighted by molar-refractivity contribution is -0.122. The van der Waals surface area contributed by atoms with Crippen molar-refractivity contribution in [1.29, 1.82) is 0 Å². The van der Waals surface area contributed by atoms with Crippen LogP contribution in [-0.4, -0.2) is 29.0 Å². The minimum atomic E-state index is -0.200. The second-order valence-electron chi connectivity index (χ2n) is 5.27. The van der Waals surface area contributed by atoms with Gasteiger partial charge in [0.1, 0.15) is 0 Å². The molecular formula is C16H18N4O. The maximum Gasteiger partial charge on any atom is 0.225 e. The van der Waals surface area contributed by atoms with Gasteiger partial charge >= 0.3 is 0 Å². The summed E-state index contributed by atoms with van der Waals surface area (Å²) >= 11 is 0. The van der Waals surface area contributed by atoms with Crippen molar-refractivity contribution in [2.24, 2.45) is 11.7 Å². The van der Waals surface area contributed by atoms with Gasteiger partial charge in [0.05, 0.1) is 5.69 Å². The Morgan fingerprint density at radius 3 is 2.52 bits per heavy atom. The Morgan fingerprint density at radius 1 is 1.14 bits per heavy atom. The maximum absolute atomic E-state index is 11.2. The molecule has 5 nitrogen and oxygen atoms in total. The minimum absolute atomic E-state index is 0.0152. The molecule has 1 aliphatic rings. The molecule has 0 aliphatic carbocycles. The van der Waals surface area contributed by atoms with Crippen LogP contribution in [0.5, 0.6) is 0 Å². The number of carbonyl (C=O) groups excluding carboxylic acids is 1. The topological polar surface area (TPSA) is 72.1 Å². The number of anilines is 1. The zero-order valence-corrected chi connectivity index (χ0v) is 11.8. The first-order chi connectivity index (χ1) is 10.2. The van der Waals surface area contributed by atoms with E-state index in [1.807, 2.05) is 36.4 Å². The molecule has 0 radical (unpaired) electrons. The van der Waals surface area contributed by atoms with E-state index < -0.39 is 0 Å². The van der Waals surface area contributed by atoms with Gasteiger partial charge in [0.15, 0.2) is 0 Å². The predicted octanol–water partition coefficient (Wildman–Crippen LogP) is 1.85. The van der Waals surface area contributed by atoms with Crippen molar-refractivity contribution >= 4 is 11.9 Å². The number of hydrogen-bond donors (Lipinski definition) is 1. The van der Waals surface area contributed by atoms with Crippen molar-refractivity contribution in [2.45, 2.75) is 12.8 Å². The van der Waals surface area contributed by atoms with Gasteiger partial charge in [-0.15, -0.1) is 0 Å². The van der Waals surface area contributed by atoms with Crippen LogP contribution in [0.3, 0.4) is 0 Å². The molecule has 3 rings (SSSR count). The third kappa shape index (κ3) is 3.02. The van der Waals surface area contributed by atoms with Crippen LogP contribution < -0.4 is 10.6 Å². The number of carbonyl (C=O) groups is 1. The molecule has 1 aromatic carbocycles. The average molecular weight is 282 g/mol. The molecule has 1 fully saturated rings. The zero-order valence-electron chi connectivity index (χ0n) is 11.8. The van der Waals surface area contributed by atoms with E-state index in [4.69, 9.17) is 5.73 Å². The summed E-state index contributed by atoms with van der Waals surface area (Å²) in [5.41, 5.74) is 7.35. The largest absolute Gasteiger partial charge is 0.369 e. The van der Waals surface area contributed by atoms with Crippen LogP contribution in [0.15, 0.2) is 42.6 Å². The van der Waals surface area contributed by atoms with Gasteiger partial charge in [-0.1, -0.05) is 30.3 Å². The summed E-state index contributed by atoms with van der Waals surface area (Å²) in [5, 5.41) is 0. The lowest BCUT2D eigenvalue weighted by Crippen LogP contribution is -2.39. The van der Waals surface area contributed by atoms with Gasteiger partial charge in [0, 0.05) is 30.8 Å². The number of nitrogens with two attached hydrogens (primary N) is 1. The highest BCUT2D eigenvalue weighted by molar-refractivity contribution is 5.77. The smallest absolute Gasteiger partial charge is 0.225 e. The fourth-order valence-electron chi connectivity index (χ4n) is 2.63. The second-order valence-corrected chi connectivity index (χ2v) is 5.27. The molecule has 1 aromatic heterocycles. The van der Waals surface area contributed by atoms with E-state index >= 15 is 0 Å². The van der Waals surface area contributed by atoms with Gasteiger partial charge in [-0.2, -0.15) is 0 Å². The van der Waals surface area contributed by atoms with Crippen LogP contribution >= 0.6 is 0 Å². The highest BCUT2D eigenvalue weighted by Crippen LogP contribution is 2.23. The summed E-state index contributed by atoms with van der Waals surface area (Å²) in [6.07, 6.45) is 3.33. The molecule has 2 heterocycles. The van der Waals surface area contributed by atoms with Crippen LogP contribution in [0.25, 0.3) is 11.3 Å². The number of piperidine rings is 1. The number of rotatable bonds is 3. The molecule has 0 atom stereocenters. The van der Waals surface area contributed by atoms with Crippen LogP contribution in [0.2, 0.25) is 0 Å². The molecule has 5 heteroatoms. The molecule has 0 spiro atoms. The molecular weight excluding hydrogens is 264 g/mol. The van der Waals surface area contributed by atoms with E-state index in [9.17, 15) is 4.79 Å². The first-order valence-electron chi connectivity index (χ1n) is 7.17. The number of amides is 1. The van der Waals surface area contributed by atoms with Crippen molar-refractivity contribution in [2.75, 3.05) is 18.0 Å². The average Bonchev–Trinajstić information content (AvgIpc) is 2.56. The molecule has 2 N–H and O–H groups in total. The van der Waals surface area contributed by atoms with Crippen LogP contribution in [0, 0.1) is 5.92 Å². The number of benzene rings is 1. The Bertz CT molecular complexity index is 621. The lowest BCUT2D eigenvalue weighted by atomic mass is 9.96. The third-order valence-electron chi connectivity index (χ3n) is 3.89. The summed E-state index contributed by atoms with van der Waals surface area (Å²) in [5.74, 6) is 0.506. The van der Waals surface area contributed by atoms with Crippen molar-refractivity contribution in [3.63, 3.8) is 0 Å². The van der Waals surface area contributed by atoms with E-state index in [-0.39, 0.29) is 11.8 Å². The summed E-state index contributed by atoms with van der Waals surface area (Å²) in [4.78, 5) is 22.3. The van der Waals surface area contributed by atoms with E-state index in [0.717, 1.165) is 43.1 Å². The Morgan fingerprint density at radius 2 is 1.86 bits per heavy atom. The normalized spacial score (nSPS) is 15.9. The molecule has 21 heavy (non-hydrogen) atoms. The molecule has 1 aliphatic heterocycles. The zero-order chi connectivity index (χ0) is 14.7. The first kappa shape index (κ1) is 13.5. The van der Waals surface area contributed by atoms with E-state index in [1.54, 1.807) is 6.20 Å². The summed E-state index contributed by atoms with van der Waals surface area (Å²) in [6, 6.07) is 12.0. The number of primary amides is 1. The molecule has 0 saturated carbocycles. The molecule has 1 amide bonds. The number of hydrogen-bond acceptors (Lipinski definition) is 4. The Kier molecular flexibility index (Phi) is 3.81. The van der Waals surface area contributed by atoms with Crippen molar-refractivity contribution in [1.82, 2.24) is 9.97 Å². The summed E-state index contributed by atoms with van der Waals surface area (Å²) in [7, 11) is 0. The standard InChI is InChI=1S/C16H18N4O/c17-15(21)13-7-10-20(11-8-13)16-18-9-6-14(19-16)12-4-2-1-3-5-12/h1-6,9,13H,7-8,10-11H2,(H2,17,21). The highest BCUT2D eigenvalue weighted by atomic mass is 16.1. The van der Waals surface area contributed by atoms with Crippen LogP contribution in [0.1, 0.15) is 12.8 Å². The fourth-order valence-corrected chi connectivity index (χ4v) is 2.63. The quantitative estimate of drug-likeness (QED) is 0.932. The molecule has 0 unspecified atom stereocenters. The highest BCUT2D eigenvalue weighted by Gasteiger charge is 2.24. The maximum atomic E-state index is 11.2. The summed E-state index contributed by atoms with van der Waals surface area (Å²) < 4.78 is 0. The number of aromatic nitrogens is 2. The van der Waals surface area contributed by atoms with E-state index in [0.29, 0.717) is 0 Å². The Labute approximate surface area is 123 Å². The van der Waals surface area contributed by atoms with E-state index in [2.05, 4.69) is 14.9 Å². The van der Waals surface area contributed by atoms with Gasteiger partial charge in [-0.25, -0.2) is 9.97 Å². The third-order valence-corrected chi connectivity index (χ3v) is 3.89. The fraction of sp³-hybridized carbons (Fsp3) is 0.312. The van der Waals surface area contributed by atoms with Gasteiger partial charge < -0.3 is 10.6 Å². The monoisotopic (exact) mass is 282 g/mol. The lowest BCUT2D eigenvalue weighted by Gasteiger charge is -2.30. The van der Waals surface area contributed by atoms with Gasteiger partial charge in [0.2, 0.25) is 11.9 Å². The van der Waals surface area contributed by atoms with Gasteiger partial charge in [-0.05, 0) is 18.9 Å². The van der Waals surface area contributed by atoms with Crippen molar-refractivity contribution in [3.8, 4) is 11.3 Å². The first-order valence-corrected chi connectivity index (χ1v) is 7.17. The van der Waals surface area contributed by atoms with Gasteiger partial charge in [-0.3, -0.25) is 4.79 Å². The molecule has 1 saturated heterocycles. The van der Waals surface area contributed by atoms with Crippen molar-refractivity contribution in [3.05, 3.63) is 42.6 Å². The van der Waals surface area contributed by atoms with Crippen LogP contribution in [0.4, 0.5) is 5.95 Å². The van der Waals surface area contributed by atoms with Crippen molar-refractivity contribution < 1.29 is 4.79 Å². The summed E-state index contributed by atoms with van der Waals surface area (Å²) in [6.45, 7) is 1.54. The molecule has 108 valence electrons. The predicted molar refractivity (Wildman–Crippen MR) is 81.6 cm³/mol. The molecule has 0 bridgehead atoms.